The maximum atomic E-state index is 12.2. The lowest BCUT2D eigenvalue weighted by Crippen LogP contribution is -2.29. The number of carbonyl (C=O) groups is 2. The van der Waals surface area contributed by atoms with Crippen LogP contribution < -0.4 is 14.8 Å². The number of carbonyl (C=O) groups excluding carboxylic acids is 2. The lowest BCUT2D eigenvalue weighted by Gasteiger charge is -2.13. The van der Waals surface area contributed by atoms with Crippen molar-refractivity contribution in [1.29, 1.82) is 0 Å². The van der Waals surface area contributed by atoms with Gasteiger partial charge >= 0.3 is 5.97 Å². The highest BCUT2D eigenvalue weighted by Crippen LogP contribution is 2.17. The van der Waals surface area contributed by atoms with Crippen LogP contribution in [0.2, 0.25) is 0 Å². The van der Waals surface area contributed by atoms with Gasteiger partial charge in [-0.15, -0.1) is 0 Å². The molecule has 0 aliphatic carbocycles. The molecule has 0 aliphatic heterocycles. The lowest BCUT2D eigenvalue weighted by molar-refractivity contribution is -0.148. The molecule has 2 aromatic rings. The third-order valence-corrected chi connectivity index (χ3v) is 3.60. The predicted octanol–water partition coefficient (Wildman–Crippen LogP) is 3.68. The van der Waals surface area contributed by atoms with Crippen LogP contribution in [0.4, 0.5) is 5.69 Å². The number of hydrogen-bond donors (Lipinski definition) is 1. The zero-order valence-corrected chi connectivity index (χ0v) is 15.6. The van der Waals surface area contributed by atoms with E-state index >= 15 is 0 Å². The summed E-state index contributed by atoms with van der Waals surface area (Å²) >= 11 is 0. The fraction of sp³-hybridized carbons (Fsp3) is 0.238. The van der Waals surface area contributed by atoms with E-state index in [1.807, 2.05) is 31.2 Å². The van der Waals surface area contributed by atoms with Gasteiger partial charge in [-0.1, -0.05) is 18.2 Å². The minimum Gasteiger partial charge on any atom is -0.497 e. The van der Waals surface area contributed by atoms with Crippen LogP contribution in [0.5, 0.6) is 11.5 Å². The van der Waals surface area contributed by atoms with E-state index < -0.39 is 18.0 Å². The SMILES string of the molecule is CCOc1ccc(/C=C/C(=O)O[C@@H](C)C(=O)Nc2cccc(OC)c2)cc1. The Morgan fingerprint density at radius 3 is 2.52 bits per heavy atom. The molecule has 0 heterocycles. The summed E-state index contributed by atoms with van der Waals surface area (Å²) in [5.74, 6) is 0.360. The van der Waals surface area contributed by atoms with E-state index in [0.29, 0.717) is 18.0 Å². The molecule has 0 fully saturated rings. The molecule has 1 atom stereocenters. The molecule has 0 unspecified atom stereocenters. The van der Waals surface area contributed by atoms with Gasteiger partial charge in [0.25, 0.3) is 5.91 Å². The molecule has 27 heavy (non-hydrogen) atoms. The van der Waals surface area contributed by atoms with Crippen LogP contribution in [0.15, 0.2) is 54.6 Å². The average molecular weight is 369 g/mol. The van der Waals surface area contributed by atoms with Crippen LogP contribution in [0.3, 0.4) is 0 Å². The Bertz CT molecular complexity index is 798. The quantitative estimate of drug-likeness (QED) is 0.568. The maximum Gasteiger partial charge on any atom is 0.331 e. The van der Waals surface area contributed by atoms with Crippen molar-refractivity contribution in [2.75, 3.05) is 19.0 Å². The molecule has 0 saturated carbocycles. The molecular weight excluding hydrogens is 346 g/mol. The van der Waals surface area contributed by atoms with Crippen LogP contribution in [0.1, 0.15) is 19.4 Å². The van der Waals surface area contributed by atoms with E-state index in [9.17, 15) is 9.59 Å². The molecule has 0 aliphatic rings. The summed E-state index contributed by atoms with van der Waals surface area (Å²) in [4.78, 5) is 24.1. The maximum absolute atomic E-state index is 12.2. The number of esters is 1. The van der Waals surface area contributed by atoms with Crippen molar-refractivity contribution in [3.05, 3.63) is 60.2 Å². The van der Waals surface area contributed by atoms with Crippen LogP contribution in [-0.4, -0.2) is 31.7 Å². The summed E-state index contributed by atoms with van der Waals surface area (Å²) in [7, 11) is 1.54. The molecule has 2 aromatic carbocycles. The summed E-state index contributed by atoms with van der Waals surface area (Å²) in [6.07, 6.45) is 1.96. The van der Waals surface area contributed by atoms with Gasteiger partial charge < -0.3 is 19.5 Å². The number of hydrogen-bond acceptors (Lipinski definition) is 5. The summed E-state index contributed by atoms with van der Waals surface area (Å²) < 4.78 is 15.6. The van der Waals surface area contributed by atoms with Crippen molar-refractivity contribution in [1.82, 2.24) is 0 Å². The van der Waals surface area contributed by atoms with Crippen LogP contribution in [0.25, 0.3) is 6.08 Å². The second-order valence-corrected chi connectivity index (χ2v) is 5.64. The molecule has 6 nitrogen and oxygen atoms in total. The van der Waals surface area contributed by atoms with Crippen LogP contribution in [-0.2, 0) is 14.3 Å². The molecule has 0 radical (unpaired) electrons. The first-order valence-corrected chi connectivity index (χ1v) is 8.58. The number of nitrogens with one attached hydrogen (secondary N) is 1. The number of methoxy groups -OCH3 is 1. The first kappa shape index (κ1) is 20.0. The highest BCUT2D eigenvalue weighted by Gasteiger charge is 2.16. The van der Waals surface area contributed by atoms with Crippen molar-refractivity contribution < 1.29 is 23.8 Å². The van der Waals surface area contributed by atoms with Gasteiger partial charge in [0.1, 0.15) is 11.5 Å². The van der Waals surface area contributed by atoms with Gasteiger partial charge in [0.15, 0.2) is 6.10 Å². The molecule has 0 aromatic heterocycles. The fourth-order valence-electron chi connectivity index (χ4n) is 2.22. The number of ether oxygens (including phenoxy) is 3. The second kappa shape index (κ2) is 10.0. The molecule has 6 heteroatoms. The van der Waals surface area contributed by atoms with Gasteiger partial charge in [0, 0.05) is 17.8 Å². The Morgan fingerprint density at radius 1 is 1.11 bits per heavy atom. The molecule has 142 valence electrons. The number of rotatable bonds is 8. The van der Waals surface area contributed by atoms with Crippen molar-refractivity contribution in [2.24, 2.45) is 0 Å². The smallest absolute Gasteiger partial charge is 0.331 e. The molecule has 0 bridgehead atoms. The Balaban J connectivity index is 1.87. The minimum absolute atomic E-state index is 0.425. The molecular formula is C21H23NO5. The summed E-state index contributed by atoms with van der Waals surface area (Å²) in [6, 6.07) is 14.2. The largest absolute Gasteiger partial charge is 0.497 e. The molecule has 0 spiro atoms. The molecule has 2 rings (SSSR count). The van der Waals surface area contributed by atoms with Crippen molar-refractivity contribution >= 4 is 23.6 Å². The Hall–Kier alpha value is -3.28. The van der Waals surface area contributed by atoms with Gasteiger partial charge in [-0.3, -0.25) is 4.79 Å². The number of benzene rings is 2. The standard InChI is InChI=1S/C21H23NO5/c1-4-26-18-11-8-16(9-12-18)10-13-20(23)27-15(2)21(24)22-17-6-5-7-19(14-17)25-3/h5-15H,4H2,1-3H3,(H,22,24)/b13-10+/t15-/m0/s1. The second-order valence-electron chi connectivity index (χ2n) is 5.64. The lowest BCUT2D eigenvalue weighted by atomic mass is 10.2. The van der Waals surface area contributed by atoms with E-state index in [4.69, 9.17) is 14.2 Å². The Labute approximate surface area is 158 Å². The van der Waals surface area contributed by atoms with E-state index in [1.54, 1.807) is 37.5 Å². The highest BCUT2D eigenvalue weighted by atomic mass is 16.5. The summed E-state index contributed by atoms with van der Waals surface area (Å²) in [5.41, 5.74) is 1.39. The van der Waals surface area contributed by atoms with E-state index in [-0.39, 0.29) is 0 Å². The minimum atomic E-state index is -0.936. The van der Waals surface area contributed by atoms with E-state index in [1.165, 1.54) is 13.0 Å². The third kappa shape index (κ3) is 6.51. The summed E-state index contributed by atoms with van der Waals surface area (Å²) in [6.45, 7) is 4.02. The molecule has 1 amide bonds. The van der Waals surface area contributed by atoms with Gasteiger partial charge in [0.2, 0.25) is 0 Å². The first-order valence-electron chi connectivity index (χ1n) is 8.58. The first-order chi connectivity index (χ1) is 13.0. The predicted molar refractivity (Wildman–Crippen MR) is 104 cm³/mol. The third-order valence-electron chi connectivity index (χ3n) is 3.60. The Morgan fingerprint density at radius 2 is 1.85 bits per heavy atom. The summed E-state index contributed by atoms with van der Waals surface area (Å²) in [5, 5.41) is 2.68. The van der Waals surface area contributed by atoms with Gasteiger partial charge in [-0.2, -0.15) is 0 Å². The topological polar surface area (TPSA) is 73.9 Å². The van der Waals surface area contributed by atoms with Crippen molar-refractivity contribution in [3.63, 3.8) is 0 Å². The Kier molecular flexibility index (Phi) is 7.43. The molecule has 1 N–H and O–H groups in total. The van der Waals surface area contributed by atoms with E-state index in [0.717, 1.165) is 11.3 Å². The average Bonchev–Trinajstić information content (AvgIpc) is 2.67. The van der Waals surface area contributed by atoms with Crippen LogP contribution in [0, 0.1) is 0 Å². The zero-order valence-electron chi connectivity index (χ0n) is 15.6. The zero-order chi connectivity index (χ0) is 19.6. The molecule has 0 saturated heterocycles. The van der Waals surface area contributed by atoms with Gasteiger partial charge in [-0.05, 0) is 49.8 Å². The van der Waals surface area contributed by atoms with E-state index in [2.05, 4.69) is 5.32 Å². The fourth-order valence-corrected chi connectivity index (χ4v) is 2.22. The van der Waals surface area contributed by atoms with Crippen molar-refractivity contribution in [2.45, 2.75) is 20.0 Å². The van der Waals surface area contributed by atoms with Crippen molar-refractivity contribution in [3.8, 4) is 11.5 Å². The monoisotopic (exact) mass is 369 g/mol. The number of amides is 1. The van der Waals surface area contributed by atoms with Gasteiger partial charge in [-0.25, -0.2) is 4.79 Å². The normalized spacial score (nSPS) is 11.7. The van der Waals surface area contributed by atoms with Crippen LogP contribution >= 0.6 is 0 Å². The van der Waals surface area contributed by atoms with Gasteiger partial charge in [0.05, 0.1) is 13.7 Å². The number of anilines is 1. The highest BCUT2D eigenvalue weighted by molar-refractivity contribution is 5.96.